The first-order valence-electron chi connectivity index (χ1n) is 6.92. The Kier molecular flexibility index (Phi) is 4.43. The summed E-state index contributed by atoms with van der Waals surface area (Å²) in [5.74, 6) is 0.655. The van der Waals surface area contributed by atoms with Crippen LogP contribution in [0.15, 0.2) is 24.3 Å². The van der Waals surface area contributed by atoms with Crippen LogP contribution in [-0.2, 0) is 4.79 Å². The molecule has 0 aliphatic heterocycles. The van der Waals surface area contributed by atoms with Crippen LogP contribution in [0, 0.1) is 0 Å². The van der Waals surface area contributed by atoms with E-state index in [-0.39, 0.29) is 11.9 Å². The molecule has 1 aliphatic carbocycles. The van der Waals surface area contributed by atoms with Crippen LogP contribution in [-0.4, -0.2) is 18.1 Å². The van der Waals surface area contributed by atoms with E-state index in [0.717, 1.165) is 24.8 Å². The van der Waals surface area contributed by atoms with Crippen LogP contribution < -0.4 is 15.8 Å². The summed E-state index contributed by atoms with van der Waals surface area (Å²) in [6.45, 7) is 3.82. The number of hydrogen-bond donors (Lipinski definition) is 2. The van der Waals surface area contributed by atoms with Crippen LogP contribution in [0.2, 0.25) is 0 Å². The lowest BCUT2D eigenvalue weighted by Crippen LogP contribution is -2.37. The number of benzene rings is 1. The zero-order valence-electron chi connectivity index (χ0n) is 11.6. The molecule has 0 aromatic heterocycles. The van der Waals surface area contributed by atoms with Crippen molar-refractivity contribution in [1.29, 1.82) is 0 Å². The van der Waals surface area contributed by atoms with Gasteiger partial charge in [0.25, 0.3) is 5.91 Å². The van der Waals surface area contributed by atoms with Crippen molar-refractivity contribution in [3.8, 4) is 5.75 Å². The van der Waals surface area contributed by atoms with E-state index in [0.29, 0.717) is 11.8 Å². The fraction of sp³-hybridized carbons (Fsp3) is 0.533. The van der Waals surface area contributed by atoms with Crippen LogP contribution in [0.4, 0.5) is 0 Å². The average Bonchev–Trinajstić information content (AvgIpc) is 3.22. The Balaban J connectivity index is 1.89. The van der Waals surface area contributed by atoms with Crippen molar-refractivity contribution in [1.82, 2.24) is 5.32 Å². The largest absolute Gasteiger partial charge is 0.481 e. The fourth-order valence-corrected chi connectivity index (χ4v) is 1.83. The molecule has 1 aliphatic rings. The molecule has 2 rings (SSSR count). The van der Waals surface area contributed by atoms with Gasteiger partial charge >= 0.3 is 0 Å². The van der Waals surface area contributed by atoms with Crippen LogP contribution >= 0.6 is 0 Å². The molecule has 3 N–H and O–H groups in total. The highest BCUT2D eigenvalue weighted by Gasteiger charge is 2.26. The van der Waals surface area contributed by atoms with Crippen molar-refractivity contribution in [2.45, 2.75) is 51.3 Å². The zero-order valence-corrected chi connectivity index (χ0v) is 11.6. The third-order valence-electron chi connectivity index (χ3n) is 3.35. The number of nitrogens with two attached hydrogens (primary N) is 1. The van der Waals surface area contributed by atoms with Gasteiger partial charge in [-0.1, -0.05) is 19.1 Å². The van der Waals surface area contributed by atoms with E-state index in [1.165, 1.54) is 0 Å². The topological polar surface area (TPSA) is 64.3 Å². The lowest BCUT2D eigenvalue weighted by Gasteiger charge is -2.15. The van der Waals surface area contributed by atoms with Gasteiger partial charge in [-0.05, 0) is 43.9 Å². The highest BCUT2D eigenvalue weighted by Crippen LogP contribution is 2.21. The molecule has 2 atom stereocenters. The quantitative estimate of drug-likeness (QED) is 0.825. The van der Waals surface area contributed by atoms with Gasteiger partial charge in [-0.2, -0.15) is 0 Å². The molecule has 4 nitrogen and oxygen atoms in total. The third-order valence-corrected chi connectivity index (χ3v) is 3.35. The fourth-order valence-electron chi connectivity index (χ4n) is 1.83. The second-order valence-electron chi connectivity index (χ2n) is 5.13. The molecule has 0 bridgehead atoms. The third kappa shape index (κ3) is 3.96. The zero-order chi connectivity index (χ0) is 13.8. The van der Waals surface area contributed by atoms with Crippen LogP contribution in [0.3, 0.4) is 0 Å². The summed E-state index contributed by atoms with van der Waals surface area (Å²) in [6, 6.07) is 8.06. The Morgan fingerprint density at radius 3 is 2.58 bits per heavy atom. The Morgan fingerprint density at radius 1 is 1.42 bits per heavy atom. The number of rotatable bonds is 6. The van der Waals surface area contributed by atoms with Crippen molar-refractivity contribution in [2.24, 2.45) is 5.73 Å². The molecule has 0 spiro atoms. The summed E-state index contributed by atoms with van der Waals surface area (Å²) in [7, 11) is 0. The summed E-state index contributed by atoms with van der Waals surface area (Å²) in [5.41, 5.74) is 7.04. The Bertz CT molecular complexity index is 426. The molecular weight excluding hydrogens is 240 g/mol. The molecule has 0 heterocycles. The van der Waals surface area contributed by atoms with Gasteiger partial charge in [0.15, 0.2) is 6.10 Å². The molecular formula is C15H22N2O2. The first kappa shape index (κ1) is 13.9. The monoisotopic (exact) mass is 262 g/mol. The summed E-state index contributed by atoms with van der Waals surface area (Å²) >= 11 is 0. The lowest BCUT2D eigenvalue weighted by atomic mass is 10.1. The maximum Gasteiger partial charge on any atom is 0.260 e. The molecule has 1 unspecified atom stereocenters. The van der Waals surface area contributed by atoms with Gasteiger partial charge in [0.05, 0.1) is 0 Å². The molecule has 4 heteroatoms. The number of hydrogen-bond acceptors (Lipinski definition) is 3. The lowest BCUT2D eigenvalue weighted by molar-refractivity contribution is -0.127. The highest BCUT2D eigenvalue weighted by molar-refractivity contribution is 5.81. The molecule has 1 amide bonds. The van der Waals surface area contributed by atoms with E-state index in [2.05, 4.69) is 12.2 Å². The SMILES string of the molecule is CC[C@@H](N)c1ccc(OC(C)C(=O)NC2CC2)cc1. The minimum atomic E-state index is -0.466. The summed E-state index contributed by atoms with van der Waals surface area (Å²) < 4.78 is 5.62. The maximum atomic E-state index is 11.8. The molecule has 1 aromatic rings. The first-order valence-corrected chi connectivity index (χ1v) is 6.92. The second-order valence-corrected chi connectivity index (χ2v) is 5.13. The van der Waals surface area contributed by atoms with Crippen molar-refractivity contribution >= 4 is 5.91 Å². The molecule has 104 valence electrons. The summed E-state index contributed by atoms with van der Waals surface area (Å²) in [4.78, 5) is 11.8. The predicted octanol–water partition coefficient (Wildman–Crippen LogP) is 2.14. The van der Waals surface area contributed by atoms with Gasteiger partial charge in [0.1, 0.15) is 5.75 Å². The number of nitrogens with one attached hydrogen (secondary N) is 1. The second kappa shape index (κ2) is 6.06. The summed E-state index contributed by atoms with van der Waals surface area (Å²) in [5, 5.41) is 2.93. The van der Waals surface area contributed by atoms with E-state index >= 15 is 0 Å². The molecule has 1 saturated carbocycles. The van der Waals surface area contributed by atoms with Crippen molar-refractivity contribution in [3.05, 3.63) is 29.8 Å². The van der Waals surface area contributed by atoms with Gasteiger partial charge in [-0.15, -0.1) is 0 Å². The summed E-state index contributed by atoms with van der Waals surface area (Å²) in [6.07, 6.45) is 2.61. The molecule has 0 radical (unpaired) electrons. The average molecular weight is 262 g/mol. The van der Waals surface area contributed by atoms with E-state index in [4.69, 9.17) is 10.5 Å². The van der Waals surface area contributed by atoms with Crippen molar-refractivity contribution < 1.29 is 9.53 Å². The first-order chi connectivity index (χ1) is 9.10. The molecule has 0 saturated heterocycles. The van der Waals surface area contributed by atoms with Gasteiger partial charge in [0.2, 0.25) is 0 Å². The standard InChI is InChI=1S/C15H22N2O2/c1-3-14(16)11-4-8-13(9-5-11)19-10(2)15(18)17-12-6-7-12/h4-5,8-10,12,14H,3,6-7,16H2,1-2H3,(H,17,18)/t10?,14-/m1/s1. The van der Waals surface area contributed by atoms with E-state index in [1.807, 2.05) is 24.3 Å². The van der Waals surface area contributed by atoms with Gasteiger partial charge in [0, 0.05) is 12.1 Å². The number of carbonyl (C=O) groups excluding carboxylic acids is 1. The number of amides is 1. The van der Waals surface area contributed by atoms with E-state index < -0.39 is 6.10 Å². The van der Waals surface area contributed by atoms with Crippen molar-refractivity contribution in [2.75, 3.05) is 0 Å². The van der Waals surface area contributed by atoms with E-state index in [9.17, 15) is 4.79 Å². The number of carbonyl (C=O) groups is 1. The minimum Gasteiger partial charge on any atom is -0.481 e. The minimum absolute atomic E-state index is 0.0446. The molecule has 19 heavy (non-hydrogen) atoms. The smallest absolute Gasteiger partial charge is 0.260 e. The molecule has 1 aromatic carbocycles. The van der Waals surface area contributed by atoms with Gasteiger partial charge < -0.3 is 15.8 Å². The van der Waals surface area contributed by atoms with E-state index in [1.54, 1.807) is 6.92 Å². The maximum absolute atomic E-state index is 11.8. The van der Waals surface area contributed by atoms with Crippen molar-refractivity contribution in [3.63, 3.8) is 0 Å². The Hall–Kier alpha value is -1.55. The Labute approximate surface area is 114 Å². The molecule has 1 fully saturated rings. The van der Waals surface area contributed by atoms with Crippen LogP contribution in [0.5, 0.6) is 5.75 Å². The van der Waals surface area contributed by atoms with Gasteiger partial charge in [-0.25, -0.2) is 0 Å². The predicted molar refractivity (Wildman–Crippen MR) is 74.9 cm³/mol. The highest BCUT2D eigenvalue weighted by atomic mass is 16.5. The van der Waals surface area contributed by atoms with Crippen LogP contribution in [0.1, 0.15) is 44.7 Å². The van der Waals surface area contributed by atoms with Crippen LogP contribution in [0.25, 0.3) is 0 Å². The Morgan fingerprint density at radius 2 is 2.05 bits per heavy atom. The number of ether oxygens (including phenoxy) is 1. The normalized spacial score (nSPS) is 17.6. The van der Waals surface area contributed by atoms with Gasteiger partial charge in [-0.3, -0.25) is 4.79 Å².